The van der Waals surface area contributed by atoms with E-state index in [0.717, 1.165) is 50.0 Å². The standard InChI is InChI=1S/C18H26O2/c1-13-12-17(2,3)9-10-18(13,19)15-8-4-6-14-7-5-11-20-16(14)15/h4,6,8,13,19H,5,7,9-12H2,1-3H3. The predicted octanol–water partition coefficient (Wildman–Crippen LogP) is 4.05. The highest BCUT2D eigenvalue weighted by Crippen LogP contribution is 2.51. The van der Waals surface area contributed by atoms with Crippen LogP contribution < -0.4 is 4.74 Å². The number of fused-ring (bicyclic) bond motifs is 1. The van der Waals surface area contributed by atoms with Gasteiger partial charge in [0.15, 0.2) is 0 Å². The summed E-state index contributed by atoms with van der Waals surface area (Å²) in [6, 6.07) is 6.28. The molecule has 0 spiro atoms. The van der Waals surface area contributed by atoms with Crippen molar-refractivity contribution in [3.8, 4) is 5.75 Å². The average molecular weight is 274 g/mol. The molecule has 1 aromatic carbocycles. The highest BCUT2D eigenvalue weighted by molar-refractivity contribution is 5.46. The largest absolute Gasteiger partial charge is 0.493 e. The minimum absolute atomic E-state index is 0.267. The lowest BCUT2D eigenvalue weighted by molar-refractivity contribution is -0.0786. The summed E-state index contributed by atoms with van der Waals surface area (Å²) in [5, 5.41) is 11.3. The van der Waals surface area contributed by atoms with Crippen molar-refractivity contribution in [3.63, 3.8) is 0 Å². The van der Waals surface area contributed by atoms with Crippen molar-refractivity contribution in [2.75, 3.05) is 6.61 Å². The minimum atomic E-state index is -0.724. The minimum Gasteiger partial charge on any atom is -0.493 e. The Labute approximate surface area is 122 Å². The first-order valence-electron chi connectivity index (χ1n) is 7.90. The van der Waals surface area contributed by atoms with Crippen LogP contribution in [0.1, 0.15) is 57.6 Å². The number of aryl methyl sites for hydroxylation is 1. The number of hydrogen-bond acceptors (Lipinski definition) is 2. The molecular formula is C18H26O2. The van der Waals surface area contributed by atoms with E-state index in [-0.39, 0.29) is 5.92 Å². The molecule has 1 N–H and O–H groups in total. The SMILES string of the molecule is CC1CC(C)(C)CCC1(O)c1cccc2c1OCCC2. The molecule has 1 fully saturated rings. The van der Waals surface area contributed by atoms with E-state index in [9.17, 15) is 5.11 Å². The molecule has 1 saturated carbocycles. The smallest absolute Gasteiger partial charge is 0.128 e. The van der Waals surface area contributed by atoms with E-state index >= 15 is 0 Å². The van der Waals surface area contributed by atoms with Crippen molar-refractivity contribution in [2.24, 2.45) is 11.3 Å². The molecule has 0 bridgehead atoms. The fourth-order valence-electron chi connectivity index (χ4n) is 4.01. The molecule has 1 heterocycles. The van der Waals surface area contributed by atoms with Crippen molar-refractivity contribution in [1.82, 2.24) is 0 Å². The molecule has 1 aromatic rings. The lowest BCUT2D eigenvalue weighted by Gasteiger charge is -2.46. The second-order valence-electron chi connectivity index (χ2n) is 7.44. The first kappa shape index (κ1) is 13.9. The maximum atomic E-state index is 11.3. The van der Waals surface area contributed by atoms with E-state index in [1.165, 1.54) is 5.56 Å². The Balaban J connectivity index is 2.00. The van der Waals surface area contributed by atoms with Crippen LogP contribution >= 0.6 is 0 Å². The molecule has 1 aliphatic heterocycles. The summed E-state index contributed by atoms with van der Waals surface area (Å²) in [5.41, 5.74) is 1.90. The zero-order valence-electron chi connectivity index (χ0n) is 12.9. The first-order chi connectivity index (χ1) is 9.42. The topological polar surface area (TPSA) is 29.5 Å². The van der Waals surface area contributed by atoms with Gasteiger partial charge in [0.1, 0.15) is 5.75 Å². The van der Waals surface area contributed by atoms with Gasteiger partial charge in [-0.05, 0) is 49.0 Å². The van der Waals surface area contributed by atoms with Gasteiger partial charge in [-0.25, -0.2) is 0 Å². The molecule has 0 amide bonds. The zero-order valence-corrected chi connectivity index (χ0v) is 12.9. The Morgan fingerprint density at radius 3 is 2.80 bits per heavy atom. The van der Waals surface area contributed by atoms with Crippen molar-refractivity contribution in [2.45, 2.75) is 58.5 Å². The first-order valence-corrected chi connectivity index (χ1v) is 7.90. The van der Waals surface area contributed by atoms with Crippen LogP contribution in [0.4, 0.5) is 0 Å². The lowest BCUT2D eigenvalue weighted by atomic mass is 9.63. The number of ether oxygens (including phenoxy) is 1. The van der Waals surface area contributed by atoms with Gasteiger partial charge in [-0.2, -0.15) is 0 Å². The Bertz CT molecular complexity index is 506. The van der Waals surface area contributed by atoms with Crippen LogP contribution in [0.15, 0.2) is 18.2 Å². The Morgan fingerprint density at radius 1 is 1.25 bits per heavy atom. The quantitative estimate of drug-likeness (QED) is 0.837. The summed E-state index contributed by atoms with van der Waals surface area (Å²) in [4.78, 5) is 0. The van der Waals surface area contributed by atoms with Crippen LogP contribution in [0.5, 0.6) is 5.75 Å². The van der Waals surface area contributed by atoms with Crippen LogP contribution in [0.25, 0.3) is 0 Å². The molecule has 110 valence electrons. The van der Waals surface area contributed by atoms with E-state index in [1.54, 1.807) is 0 Å². The van der Waals surface area contributed by atoms with E-state index in [2.05, 4.69) is 39.0 Å². The van der Waals surface area contributed by atoms with E-state index in [1.807, 2.05) is 0 Å². The summed E-state index contributed by atoms with van der Waals surface area (Å²) in [7, 11) is 0. The highest BCUT2D eigenvalue weighted by Gasteiger charge is 2.45. The normalized spacial score (nSPS) is 32.3. The van der Waals surface area contributed by atoms with Crippen LogP contribution in [0.3, 0.4) is 0 Å². The van der Waals surface area contributed by atoms with E-state index < -0.39 is 5.60 Å². The maximum Gasteiger partial charge on any atom is 0.128 e. The van der Waals surface area contributed by atoms with E-state index in [0.29, 0.717) is 5.41 Å². The van der Waals surface area contributed by atoms with Gasteiger partial charge in [-0.15, -0.1) is 0 Å². The molecular weight excluding hydrogens is 248 g/mol. The molecule has 1 aliphatic carbocycles. The Morgan fingerprint density at radius 2 is 2.05 bits per heavy atom. The monoisotopic (exact) mass is 274 g/mol. The average Bonchev–Trinajstić information content (AvgIpc) is 2.42. The van der Waals surface area contributed by atoms with Gasteiger partial charge in [0.05, 0.1) is 12.2 Å². The van der Waals surface area contributed by atoms with Crippen molar-refractivity contribution in [1.29, 1.82) is 0 Å². The van der Waals surface area contributed by atoms with Crippen LogP contribution in [-0.2, 0) is 12.0 Å². The van der Waals surface area contributed by atoms with E-state index in [4.69, 9.17) is 4.74 Å². The molecule has 20 heavy (non-hydrogen) atoms. The Hall–Kier alpha value is -1.02. The predicted molar refractivity (Wildman–Crippen MR) is 81.0 cm³/mol. The lowest BCUT2D eigenvalue weighted by Crippen LogP contribution is -2.42. The number of rotatable bonds is 1. The summed E-state index contributed by atoms with van der Waals surface area (Å²) in [5.74, 6) is 1.23. The fourth-order valence-corrected chi connectivity index (χ4v) is 4.01. The molecule has 2 heteroatoms. The maximum absolute atomic E-state index is 11.3. The van der Waals surface area contributed by atoms with Crippen LogP contribution in [0.2, 0.25) is 0 Å². The summed E-state index contributed by atoms with van der Waals surface area (Å²) < 4.78 is 5.91. The molecule has 2 unspecified atom stereocenters. The van der Waals surface area contributed by atoms with Gasteiger partial charge >= 0.3 is 0 Å². The van der Waals surface area contributed by atoms with Gasteiger partial charge in [-0.1, -0.05) is 39.0 Å². The Kier molecular flexibility index (Phi) is 3.32. The molecule has 2 aliphatic rings. The number of hydrogen-bond donors (Lipinski definition) is 1. The summed E-state index contributed by atoms with van der Waals surface area (Å²) >= 11 is 0. The molecule has 3 rings (SSSR count). The molecule has 0 saturated heterocycles. The number of benzene rings is 1. The number of aliphatic hydroxyl groups is 1. The van der Waals surface area contributed by atoms with Gasteiger partial charge in [0.25, 0.3) is 0 Å². The third kappa shape index (κ3) is 2.24. The zero-order chi connectivity index (χ0) is 14.4. The van der Waals surface area contributed by atoms with Crippen molar-refractivity contribution in [3.05, 3.63) is 29.3 Å². The summed E-state index contributed by atoms with van der Waals surface area (Å²) in [6.07, 6.45) is 5.11. The van der Waals surface area contributed by atoms with Crippen molar-refractivity contribution >= 4 is 0 Å². The second kappa shape index (κ2) is 4.77. The molecule has 2 atom stereocenters. The molecule has 0 radical (unpaired) electrons. The molecule has 0 aromatic heterocycles. The molecule has 2 nitrogen and oxygen atoms in total. The van der Waals surface area contributed by atoms with Gasteiger partial charge in [-0.3, -0.25) is 0 Å². The fraction of sp³-hybridized carbons (Fsp3) is 0.667. The summed E-state index contributed by atoms with van der Waals surface area (Å²) in [6.45, 7) is 7.57. The highest BCUT2D eigenvalue weighted by atomic mass is 16.5. The van der Waals surface area contributed by atoms with Crippen molar-refractivity contribution < 1.29 is 9.84 Å². The third-order valence-corrected chi connectivity index (χ3v) is 5.26. The number of para-hydroxylation sites is 1. The van der Waals surface area contributed by atoms with Crippen LogP contribution in [-0.4, -0.2) is 11.7 Å². The van der Waals surface area contributed by atoms with Gasteiger partial charge in [0.2, 0.25) is 0 Å². The second-order valence-corrected chi connectivity index (χ2v) is 7.44. The van der Waals surface area contributed by atoms with Gasteiger partial charge < -0.3 is 9.84 Å². The third-order valence-electron chi connectivity index (χ3n) is 5.26. The van der Waals surface area contributed by atoms with Crippen LogP contribution in [0, 0.1) is 11.3 Å². The van der Waals surface area contributed by atoms with Gasteiger partial charge in [0, 0.05) is 5.56 Å².